The van der Waals surface area contributed by atoms with Gasteiger partial charge in [0.05, 0.1) is 60.7 Å². The Balaban J connectivity index is 1.03. The molecule has 17 heteroatoms. The van der Waals surface area contributed by atoms with Gasteiger partial charge in [0, 0.05) is 35.2 Å². The number of carbonyl (C=O) groups excluding carboxylic acids is 4. The van der Waals surface area contributed by atoms with Gasteiger partial charge in [-0.1, -0.05) is 39.8 Å². The number of nitrogens with zero attached hydrogens (tertiary/aromatic N) is 5. The fraction of sp³-hybridized carbons (Fsp3) is 0.455. The molecule has 5 N–H and O–H groups in total. The van der Waals surface area contributed by atoms with Gasteiger partial charge in [0.15, 0.2) is 5.82 Å². The van der Waals surface area contributed by atoms with Crippen molar-refractivity contribution >= 4 is 34.7 Å². The smallest absolute Gasteiger partial charge is 0.407 e. The molecular weight excluding hydrogens is 786 g/mol. The van der Waals surface area contributed by atoms with Crippen molar-refractivity contribution in [1.82, 2.24) is 44.9 Å². The van der Waals surface area contributed by atoms with E-state index in [2.05, 4.69) is 30.6 Å². The number of aliphatic hydroxyl groups excluding tert-OH is 1. The SMILES string of the molecule is COC(=O)N[C@H](C(=O)N1CCC[C@H]1c1ncc(-c2ccc3c(c2)OCCn2c-3c(F)c3cc(-c4cnc([C@@H]5CCCN5C(=O)[C@@H](NC(=O)CO)C(C)C)[nH]4)ccc32)[nH]1)C(C)C. The number of rotatable bonds is 11. The summed E-state index contributed by atoms with van der Waals surface area (Å²) in [4.78, 5) is 70.9. The zero-order valence-electron chi connectivity index (χ0n) is 35.0. The number of alkyl carbamates (subject to hydrolysis) is 1. The second-order valence-electron chi connectivity index (χ2n) is 16.7. The summed E-state index contributed by atoms with van der Waals surface area (Å²) in [6.45, 7) is 8.56. The van der Waals surface area contributed by atoms with Crippen molar-refractivity contribution < 1.29 is 38.1 Å². The van der Waals surface area contributed by atoms with E-state index in [4.69, 9.17) is 9.47 Å². The van der Waals surface area contributed by atoms with Crippen molar-refractivity contribution in [2.24, 2.45) is 11.8 Å². The summed E-state index contributed by atoms with van der Waals surface area (Å²) in [6.07, 6.45) is 5.74. The summed E-state index contributed by atoms with van der Waals surface area (Å²) in [7, 11) is 1.27. The molecule has 2 aromatic carbocycles. The highest BCUT2D eigenvalue weighted by atomic mass is 19.1. The van der Waals surface area contributed by atoms with Crippen LogP contribution in [-0.2, 0) is 25.7 Å². The van der Waals surface area contributed by atoms with Crippen molar-refractivity contribution in [3.8, 4) is 39.5 Å². The third-order valence-corrected chi connectivity index (χ3v) is 12.1. The van der Waals surface area contributed by atoms with Crippen molar-refractivity contribution in [2.75, 3.05) is 33.4 Å². The summed E-state index contributed by atoms with van der Waals surface area (Å²) in [5.41, 5.74) is 4.70. The molecule has 6 heterocycles. The number of aromatic amines is 2. The lowest BCUT2D eigenvalue weighted by atomic mass is 10.0. The first-order valence-electron chi connectivity index (χ1n) is 20.9. The molecule has 0 saturated carbocycles. The number of imidazole rings is 2. The monoisotopic (exact) mass is 837 g/mol. The zero-order chi connectivity index (χ0) is 43.1. The molecule has 3 aromatic heterocycles. The molecule has 2 fully saturated rings. The number of carbonyl (C=O) groups is 4. The van der Waals surface area contributed by atoms with Crippen LogP contribution in [0, 0.1) is 17.7 Å². The van der Waals surface area contributed by atoms with Gasteiger partial charge in [0.25, 0.3) is 0 Å². The maximum absolute atomic E-state index is 16.7. The lowest BCUT2D eigenvalue weighted by Crippen LogP contribution is -2.51. The van der Waals surface area contributed by atoms with Crippen LogP contribution < -0.4 is 15.4 Å². The number of likely N-dealkylation sites (tertiary alicyclic amines) is 2. The van der Waals surface area contributed by atoms with E-state index in [0.717, 1.165) is 41.6 Å². The third-order valence-electron chi connectivity index (χ3n) is 12.1. The van der Waals surface area contributed by atoms with Crippen molar-refractivity contribution in [1.29, 1.82) is 0 Å². The van der Waals surface area contributed by atoms with Gasteiger partial charge in [-0.3, -0.25) is 14.4 Å². The standard InChI is InChI=1S/C44H52FN9O7/c1-23(2)37(50-35(56)22-55)42(57)53-14-6-8-32(53)40-46-20-29(48-40)25-11-13-31-28(18-25)36(45)39-27-12-10-26(19-34(27)61-17-16-52(31)39)30-21-47-41(49-30)33-9-7-15-54(33)43(58)38(24(3)4)51-44(59)60-5/h10-13,18-21,23-24,32-33,37-38,55H,6-9,14-17,22H2,1-5H3,(H,46,48)(H,47,49)(H,50,56)(H,51,59)/t32-,33-,37-,38-/m0/s1. The number of aromatic nitrogens is 5. The van der Waals surface area contributed by atoms with Crippen LogP contribution in [0.25, 0.3) is 44.7 Å². The number of fused-ring (bicyclic) bond motifs is 5. The lowest BCUT2D eigenvalue weighted by molar-refractivity contribution is -0.139. The molecule has 4 amide bonds. The summed E-state index contributed by atoms with van der Waals surface area (Å²) >= 11 is 0. The molecule has 2 saturated heterocycles. The highest BCUT2D eigenvalue weighted by molar-refractivity contribution is 5.93. The Labute approximate surface area is 352 Å². The quantitative estimate of drug-likeness (QED) is 0.115. The fourth-order valence-electron chi connectivity index (χ4n) is 8.95. The van der Waals surface area contributed by atoms with E-state index in [1.807, 2.05) is 68.7 Å². The Morgan fingerprint density at radius 2 is 1.43 bits per heavy atom. The number of amides is 4. The molecule has 16 nitrogen and oxygen atoms in total. The van der Waals surface area contributed by atoms with E-state index in [0.29, 0.717) is 72.4 Å². The van der Waals surface area contributed by atoms with Gasteiger partial charge in [0.2, 0.25) is 17.7 Å². The Hall–Kier alpha value is -6.23. The molecule has 0 unspecified atom stereocenters. The first-order valence-corrected chi connectivity index (χ1v) is 20.9. The van der Waals surface area contributed by atoms with Crippen LogP contribution in [0.4, 0.5) is 9.18 Å². The summed E-state index contributed by atoms with van der Waals surface area (Å²) in [5.74, 6) is 0.0648. The second kappa shape index (κ2) is 17.0. The predicted molar refractivity (Wildman–Crippen MR) is 223 cm³/mol. The molecular formula is C44H52FN9O7. The molecule has 0 aliphatic carbocycles. The van der Waals surface area contributed by atoms with Crippen LogP contribution in [0.1, 0.15) is 77.1 Å². The zero-order valence-corrected chi connectivity index (χ0v) is 35.0. The number of aliphatic hydroxyl groups is 1. The molecule has 0 spiro atoms. The van der Waals surface area contributed by atoms with Crippen LogP contribution in [0.5, 0.6) is 5.75 Å². The molecule has 4 atom stereocenters. The largest absolute Gasteiger partial charge is 0.491 e. The average Bonchev–Trinajstić information content (AvgIpc) is 4.11. The summed E-state index contributed by atoms with van der Waals surface area (Å²) in [5, 5.41) is 15.1. The third kappa shape index (κ3) is 7.82. The molecule has 0 radical (unpaired) electrons. The second-order valence-corrected chi connectivity index (χ2v) is 16.7. The summed E-state index contributed by atoms with van der Waals surface area (Å²) < 4.78 is 29.7. The molecule has 3 aliphatic rings. The highest BCUT2D eigenvalue weighted by Gasteiger charge is 2.39. The van der Waals surface area contributed by atoms with Crippen molar-refractivity contribution in [3.05, 3.63) is 66.3 Å². The molecule has 0 bridgehead atoms. The van der Waals surface area contributed by atoms with Crippen LogP contribution in [0.3, 0.4) is 0 Å². The maximum Gasteiger partial charge on any atom is 0.407 e. The number of halogens is 1. The van der Waals surface area contributed by atoms with Gasteiger partial charge < -0.3 is 49.5 Å². The maximum atomic E-state index is 16.7. The first-order chi connectivity index (χ1) is 29.4. The van der Waals surface area contributed by atoms with Gasteiger partial charge in [-0.25, -0.2) is 19.2 Å². The highest BCUT2D eigenvalue weighted by Crippen LogP contribution is 2.42. The van der Waals surface area contributed by atoms with Crippen molar-refractivity contribution in [2.45, 2.75) is 84.1 Å². The van der Waals surface area contributed by atoms with E-state index in [1.54, 1.807) is 22.2 Å². The number of benzene rings is 2. The van der Waals surface area contributed by atoms with Crippen LogP contribution in [0.15, 0.2) is 48.8 Å². The van der Waals surface area contributed by atoms with E-state index in [-0.39, 0.29) is 41.6 Å². The summed E-state index contributed by atoms with van der Waals surface area (Å²) in [6, 6.07) is 9.14. The van der Waals surface area contributed by atoms with E-state index >= 15 is 4.39 Å². The Bertz CT molecular complexity index is 2470. The van der Waals surface area contributed by atoms with E-state index < -0.39 is 30.7 Å². The molecule has 5 aromatic rings. The van der Waals surface area contributed by atoms with Gasteiger partial charge in [-0.05, 0) is 61.8 Å². The van der Waals surface area contributed by atoms with Gasteiger partial charge in [-0.15, -0.1) is 0 Å². The number of hydrogen-bond acceptors (Lipinski definition) is 9. The Kier molecular flexibility index (Phi) is 11.6. The number of methoxy groups -OCH3 is 1. The number of H-pyrrole nitrogens is 2. The minimum absolute atomic E-state index is 0.149. The topological polar surface area (TPSA) is 200 Å². The van der Waals surface area contributed by atoms with Gasteiger partial charge >= 0.3 is 6.09 Å². The van der Waals surface area contributed by atoms with Crippen LogP contribution in [0.2, 0.25) is 0 Å². The molecule has 61 heavy (non-hydrogen) atoms. The van der Waals surface area contributed by atoms with Crippen LogP contribution in [-0.4, -0.2) is 109 Å². The minimum Gasteiger partial charge on any atom is -0.491 e. The number of ether oxygens (including phenoxy) is 2. The number of hydrogen-bond donors (Lipinski definition) is 5. The van der Waals surface area contributed by atoms with Crippen LogP contribution >= 0.6 is 0 Å². The Morgan fingerprint density at radius 1 is 0.852 bits per heavy atom. The number of nitrogens with one attached hydrogen (secondary N) is 4. The molecule has 8 rings (SSSR count). The Morgan fingerprint density at radius 3 is 2.00 bits per heavy atom. The molecule has 3 aliphatic heterocycles. The van der Waals surface area contributed by atoms with Crippen molar-refractivity contribution in [3.63, 3.8) is 0 Å². The lowest BCUT2D eigenvalue weighted by Gasteiger charge is -2.30. The van der Waals surface area contributed by atoms with E-state index in [1.165, 1.54) is 7.11 Å². The van der Waals surface area contributed by atoms with Gasteiger partial charge in [-0.2, -0.15) is 0 Å². The van der Waals surface area contributed by atoms with Gasteiger partial charge in [0.1, 0.15) is 42.7 Å². The normalized spacial score (nSPS) is 18.4. The first kappa shape index (κ1) is 41.5. The predicted octanol–water partition coefficient (Wildman–Crippen LogP) is 5.46. The average molecular weight is 838 g/mol. The fourth-order valence-corrected chi connectivity index (χ4v) is 8.95. The molecule has 322 valence electrons. The minimum atomic E-state index is -0.778. The van der Waals surface area contributed by atoms with E-state index in [9.17, 15) is 24.3 Å².